The number of thiazole rings is 1. The smallest absolute Gasteiger partial charge is 0.330 e. The van der Waals surface area contributed by atoms with Gasteiger partial charge in [0.15, 0.2) is 0 Å². The van der Waals surface area contributed by atoms with E-state index in [0.29, 0.717) is 33.8 Å². The molecule has 2 aliphatic heterocycles. The van der Waals surface area contributed by atoms with Crippen molar-refractivity contribution in [1.29, 1.82) is 0 Å². The number of ether oxygens (including phenoxy) is 1. The van der Waals surface area contributed by atoms with Gasteiger partial charge in [-0.05, 0) is 56.0 Å². The van der Waals surface area contributed by atoms with Crippen LogP contribution in [0.3, 0.4) is 0 Å². The average molecular weight is 644 g/mol. The Balaban J connectivity index is 1.29. The van der Waals surface area contributed by atoms with E-state index in [-0.39, 0.29) is 24.8 Å². The Kier molecular flexibility index (Phi) is 8.53. The molecule has 43 heavy (non-hydrogen) atoms. The number of aromatic nitrogens is 1. The first-order valence-electron chi connectivity index (χ1n) is 14.5. The van der Waals surface area contributed by atoms with Gasteiger partial charge in [0.25, 0.3) is 5.19 Å². The van der Waals surface area contributed by atoms with E-state index in [1.165, 1.54) is 16.2 Å². The van der Waals surface area contributed by atoms with Crippen LogP contribution >= 0.6 is 34.5 Å². The Bertz CT molecular complexity index is 1550. The molecule has 3 aromatic rings. The summed E-state index contributed by atoms with van der Waals surface area (Å²) in [4.78, 5) is 46.5. The minimum Gasteiger partial charge on any atom is -0.479 e. The van der Waals surface area contributed by atoms with E-state index in [1.54, 1.807) is 18.2 Å². The van der Waals surface area contributed by atoms with Crippen molar-refractivity contribution in [3.8, 4) is 5.19 Å². The Morgan fingerprint density at radius 1 is 1.14 bits per heavy atom. The summed E-state index contributed by atoms with van der Waals surface area (Å²) in [6.45, 7) is 0.163. The fourth-order valence-corrected chi connectivity index (χ4v) is 7.16. The van der Waals surface area contributed by atoms with Gasteiger partial charge in [-0.2, -0.15) is 0 Å². The van der Waals surface area contributed by atoms with Crippen LogP contribution in [-0.2, 0) is 14.4 Å². The number of carboxylic acid groups (broad SMARTS) is 1. The number of hydrogen-bond donors (Lipinski definition) is 3. The van der Waals surface area contributed by atoms with Gasteiger partial charge in [0, 0.05) is 18.0 Å². The van der Waals surface area contributed by atoms with Crippen LogP contribution in [0.2, 0.25) is 10.0 Å². The maximum absolute atomic E-state index is 14.2. The molecule has 12 heteroatoms. The number of anilines is 1. The zero-order valence-electron chi connectivity index (χ0n) is 23.3. The van der Waals surface area contributed by atoms with Gasteiger partial charge in [0.05, 0.1) is 26.8 Å². The molecule has 3 heterocycles. The Morgan fingerprint density at radius 2 is 1.98 bits per heavy atom. The van der Waals surface area contributed by atoms with Crippen LogP contribution in [0.15, 0.2) is 54.6 Å². The first-order chi connectivity index (χ1) is 20.7. The topological polar surface area (TPSA) is 121 Å². The lowest BCUT2D eigenvalue weighted by Crippen LogP contribution is -2.55. The summed E-state index contributed by atoms with van der Waals surface area (Å²) in [6.07, 6.45) is 7.88. The van der Waals surface area contributed by atoms with Crippen molar-refractivity contribution < 1.29 is 24.2 Å². The molecule has 1 saturated carbocycles. The number of hydrogen-bond acceptors (Lipinski definition) is 7. The number of aliphatic carboxylic acids is 1. The first kappa shape index (κ1) is 29.7. The molecular weight excluding hydrogens is 611 g/mol. The first-order valence-corrected chi connectivity index (χ1v) is 16.1. The number of para-hydroxylation sites is 1. The van der Waals surface area contributed by atoms with Gasteiger partial charge in [-0.15, -0.1) is 0 Å². The van der Waals surface area contributed by atoms with Crippen molar-refractivity contribution in [3.05, 3.63) is 64.7 Å². The van der Waals surface area contributed by atoms with E-state index < -0.39 is 35.6 Å². The van der Waals surface area contributed by atoms with Crippen LogP contribution in [0.25, 0.3) is 10.2 Å². The van der Waals surface area contributed by atoms with Gasteiger partial charge in [0.1, 0.15) is 23.7 Å². The summed E-state index contributed by atoms with van der Waals surface area (Å²) < 4.78 is 7.22. The number of fused-ring (bicyclic) bond motifs is 3. The molecule has 0 radical (unpaired) electrons. The zero-order valence-corrected chi connectivity index (χ0v) is 25.6. The fraction of sp³-hybridized carbons (Fsp3) is 0.419. The molecule has 0 bridgehead atoms. The van der Waals surface area contributed by atoms with Gasteiger partial charge >= 0.3 is 5.97 Å². The Hall–Kier alpha value is -3.34. The number of allylic oxidation sites excluding steroid dienone is 1. The molecule has 5 atom stereocenters. The van der Waals surface area contributed by atoms with Gasteiger partial charge in [-0.25, -0.2) is 9.78 Å². The summed E-state index contributed by atoms with van der Waals surface area (Å²) in [5.41, 5.74) is 0.0830. The second-order valence-corrected chi connectivity index (χ2v) is 13.2. The molecule has 6 rings (SSSR count). The maximum Gasteiger partial charge on any atom is 0.330 e. The lowest BCUT2D eigenvalue weighted by atomic mass is 10.0. The van der Waals surface area contributed by atoms with E-state index >= 15 is 0 Å². The van der Waals surface area contributed by atoms with Crippen LogP contribution in [0.1, 0.15) is 44.9 Å². The number of carbonyl (C=O) groups is 3. The van der Waals surface area contributed by atoms with Gasteiger partial charge in [0.2, 0.25) is 11.8 Å². The Morgan fingerprint density at radius 3 is 2.77 bits per heavy atom. The van der Waals surface area contributed by atoms with Crippen molar-refractivity contribution >= 4 is 68.2 Å². The highest BCUT2D eigenvalue weighted by Crippen LogP contribution is 2.45. The predicted molar refractivity (Wildman–Crippen MR) is 167 cm³/mol. The second kappa shape index (κ2) is 12.3. The number of benzene rings is 2. The third kappa shape index (κ3) is 6.32. The number of carboxylic acids is 1. The summed E-state index contributed by atoms with van der Waals surface area (Å²) in [6, 6.07) is 11.3. The van der Waals surface area contributed by atoms with Crippen molar-refractivity contribution in [2.24, 2.45) is 5.92 Å². The van der Waals surface area contributed by atoms with E-state index in [9.17, 15) is 19.5 Å². The lowest BCUT2D eigenvalue weighted by molar-refractivity contribution is -0.145. The molecule has 3 N–H and O–H groups in total. The molecular formula is C31H32Cl2N4O5S. The van der Waals surface area contributed by atoms with E-state index in [2.05, 4.69) is 15.6 Å². The van der Waals surface area contributed by atoms with Crippen LogP contribution in [0.4, 0.5) is 5.69 Å². The fourth-order valence-electron chi connectivity index (χ4n) is 5.98. The van der Waals surface area contributed by atoms with Crippen LogP contribution in [0.5, 0.6) is 5.19 Å². The normalized spacial score (nSPS) is 27.9. The van der Waals surface area contributed by atoms with E-state index in [4.69, 9.17) is 27.9 Å². The largest absolute Gasteiger partial charge is 0.479 e. The predicted octanol–water partition coefficient (Wildman–Crippen LogP) is 5.91. The van der Waals surface area contributed by atoms with Crippen molar-refractivity contribution in [3.63, 3.8) is 0 Å². The van der Waals surface area contributed by atoms with E-state index in [0.717, 1.165) is 35.9 Å². The molecule has 2 aromatic carbocycles. The van der Waals surface area contributed by atoms with E-state index in [1.807, 2.05) is 36.4 Å². The summed E-state index contributed by atoms with van der Waals surface area (Å²) in [5.74, 6) is -2.11. The van der Waals surface area contributed by atoms with Crippen LogP contribution < -0.4 is 15.4 Å². The van der Waals surface area contributed by atoms with Gasteiger partial charge in [-0.1, -0.05) is 71.7 Å². The summed E-state index contributed by atoms with van der Waals surface area (Å²) in [5, 5.41) is 17.4. The third-order valence-electron chi connectivity index (χ3n) is 8.42. The second-order valence-electron chi connectivity index (χ2n) is 11.4. The number of rotatable bonds is 5. The van der Waals surface area contributed by atoms with Crippen LogP contribution in [0, 0.1) is 5.92 Å². The number of nitrogens with zero attached hydrogens (tertiary/aromatic N) is 2. The number of halogens is 2. The lowest BCUT2D eigenvalue weighted by Gasteiger charge is -2.30. The molecule has 9 nitrogen and oxygen atoms in total. The zero-order chi connectivity index (χ0) is 30.1. The van der Waals surface area contributed by atoms with Crippen molar-refractivity contribution in [2.75, 3.05) is 11.9 Å². The molecule has 0 unspecified atom stereocenters. The molecule has 3 aliphatic rings. The molecule has 1 aromatic heterocycles. The van der Waals surface area contributed by atoms with Gasteiger partial charge < -0.3 is 25.4 Å². The van der Waals surface area contributed by atoms with Crippen LogP contribution in [-0.4, -0.2) is 63.0 Å². The number of carbonyl (C=O) groups excluding carboxylic acids is 2. The maximum atomic E-state index is 14.2. The highest BCUT2D eigenvalue weighted by molar-refractivity contribution is 7.20. The minimum absolute atomic E-state index is 0.163. The minimum atomic E-state index is -1.37. The van der Waals surface area contributed by atoms with Gasteiger partial charge in [-0.3, -0.25) is 9.59 Å². The molecule has 1 aliphatic carbocycles. The molecule has 2 fully saturated rings. The Labute approximate surface area is 263 Å². The highest BCUT2D eigenvalue weighted by atomic mass is 35.5. The van der Waals surface area contributed by atoms with Crippen molar-refractivity contribution in [2.45, 2.75) is 68.7 Å². The SMILES string of the molecule is O=C1N[C@]2(C(=O)O)C[C@H]2C=CCCCCC[C@H](Nc2ccc(Cl)c(Cl)c2)C(=O)N2C[C@H](Oc3nc4ccccc4s3)C[C@@H]12. The highest BCUT2D eigenvalue weighted by Gasteiger charge is 2.61. The molecule has 2 amide bonds. The third-order valence-corrected chi connectivity index (χ3v) is 10.1. The summed E-state index contributed by atoms with van der Waals surface area (Å²) >= 11 is 13.8. The number of nitrogens with one attached hydrogen (secondary N) is 2. The summed E-state index contributed by atoms with van der Waals surface area (Å²) in [7, 11) is 0. The number of amides is 2. The average Bonchev–Trinajstić information content (AvgIpc) is 3.30. The monoisotopic (exact) mass is 642 g/mol. The van der Waals surface area contributed by atoms with Crippen molar-refractivity contribution in [1.82, 2.24) is 15.2 Å². The molecule has 226 valence electrons. The molecule has 0 spiro atoms. The standard InChI is InChI=1S/C31H32Cl2N4O5S/c32-21-13-12-19(14-22(21)33)34-24-10-5-3-1-2-4-8-18-16-31(18,29(40)41)36-27(38)25-15-20(17-37(25)28(24)39)42-30-35-23-9-6-7-11-26(23)43-30/h4,6-9,11-14,18,20,24-25,34H,1-3,5,10,15-17H2,(H,36,38)(H,40,41)/t18-,20-,24+,25+,31-/m1/s1. The molecule has 1 saturated heterocycles. The quantitative estimate of drug-likeness (QED) is 0.296.